The molecule has 0 atom stereocenters. The molecule has 6 nitrogen and oxygen atoms in total. The Kier molecular flexibility index (Phi) is 3.64. The number of morpholine rings is 1. The first-order valence-corrected chi connectivity index (χ1v) is 8.91. The van der Waals surface area contributed by atoms with Gasteiger partial charge in [-0.05, 0) is 25.5 Å². The van der Waals surface area contributed by atoms with Gasteiger partial charge in [-0.15, -0.1) is 11.3 Å². The number of hydrogen-bond donors (Lipinski definition) is 1. The van der Waals surface area contributed by atoms with Crippen LogP contribution in [0.25, 0.3) is 10.2 Å². The number of fused-ring (bicyclic) bond motifs is 1. The Bertz CT molecular complexity index is 793. The highest BCUT2D eigenvalue weighted by Crippen LogP contribution is 2.39. The molecule has 0 radical (unpaired) electrons. The molecule has 2 aromatic heterocycles. The first-order valence-electron chi connectivity index (χ1n) is 6.65. The van der Waals surface area contributed by atoms with Crippen LogP contribution in [0, 0.1) is 13.8 Å². The third-order valence-electron chi connectivity index (χ3n) is 3.53. The Labute approximate surface area is 127 Å². The van der Waals surface area contributed by atoms with E-state index in [0.29, 0.717) is 36.8 Å². The van der Waals surface area contributed by atoms with Gasteiger partial charge in [-0.2, -0.15) is 4.31 Å². The average molecular weight is 327 g/mol. The zero-order valence-electron chi connectivity index (χ0n) is 11.9. The summed E-state index contributed by atoms with van der Waals surface area (Å²) in [4.78, 5) is 5.09. The van der Waals surface area contributed by atoms with E-state index in [4.69, 9.17) is 10.5 Å². The largest absolute Gasteiger partial charge is 0.396 e. The van der Waals surface area contributed by atoms with E-state index in [-0.39, 0.29) is 4.21 Å². The molecular formula is C13H17N3O3S2. The van der Waals surface area contributed by atoms with Crippen molar-refractivity contribution in [2.45, 2.75) is 18.1 Å². The van der Waals surface area contributed by atoms with Crippen molar-refractivity contribution < 1.29 is 13.2 Å². The van der Waals surface area contributed by atoms with Gasteiger partial charge in [0.1, 0.15) is 4.83 Å². The van der Waals surface area contributed by atoms with Crippen LogP contribution in [-0.2, 0) is 14.8 Å². The highest BCUT2D eigenvalue weighted by atomic mass is 32.2. The smallest absolute Gasteiger partial charge is 0.254 e. The van der Waals surface area contributed by atoms with Crippen molar-refractivity contribution in [1.82, 2.24) is 9.29 Å². The van der Waals surface area contributed by atoms with Crippen LogP contribution in [0.4, 0.5) is 5.69 Å². The van der Waals surface area contributed by atoms with Crippen LogP contribution < -0.4 is 5.73 Å². The molecule has 0 aromatic carbocycles. The third-order valence-corrected chi connectivity index (χ3v) is 7.04. The number of pyridine rings is 1. The predicted molar refractivity (Wildman–Crippen MR) is 83.1 cm³/mol. The minimum absolute atomic E-state index is 0.195. The summed E-state index contributed by atoms with van der Waals surface area (Å²) in [6.45, 7) is 5.37. The van der Waals surface area contributed by atoms with Gasteiger partial charge >= 0.3 is 0 Å². The first-order chi connectivity index (χ1) is 9.91. The quantitative estimate of drug-likeness (QED) is 0.904. The van der Waals surface area contributed by atoms with Crippen LogP contribution in [0.15, 0.2) is 10.3 Å². The standard InChI is InChI=1S/C13H17N3O3S2/c1-8-7-9(2)15-12-10(8)11(14)13(20-12)21(17,18)16-3-5-19-6-4-16/h7H,3-6,14H2,1-2H3. The number of thiophene rings is 1. The molecule has 0 bridgehead atoms. The van der Waals surface area contributed by atoms with E-state index in [9.17, 15) is 8.42 Å². The Morgan fingerprint density at radius 2 is 2.00 bits per heavy atom. The van der Waals surface area contributed by atoms with Gasteiger partial charge in [-0.1, -0.05) is 0 Å². The van der Waals surface area contributed by atoms with Crippen molar-refractivity contribution in [3.05, 3.63) is 17.3 Å². The second-order valence-corrected chi connectivity index (χ2v) is 8.21. The van der Waals surface area contributed by atoms with Crippen molar-refractivity contribution >= 4 is 37.3 Å². The maximum absolute atomic E-state index is 12.7. The number of nitrogens with zero attached hydrogens (tertiary/aromatic N) is 2. The summed E-state index contributed by atoms with van der Waals surface area (Å²) in [5.41, 5.74) is 8.24. The monoisotopic (exact) mass is 327 g/mol. The summed E-state index contributed by atoms with van der Waals surface area (Å²) in [6, 6.07) is 1.91. The lowest BCUT2D eigenvalue weighted by Gasteiger charge is -2.25. The molecule has 0 spiro atoms. The van der Waals surface area contributed by atoms with Gasteiger partial charge in [0.05, 0.1) is 18.9 Å². The molecule has 8 heteroatoms. The topological polar surface area (TPSA) is 85.5 Å². The van der Waals surface area contributed by atoms with Gasteiger partial charge in [0.2, 0.25) is 0 Å². The van der Waals surface area contributed by atoms with E-state index in [2.05, 4.69) is 4.98 Å². The van der Waals surface area contributed by atoms with Crippen LogP contribution in [0.3, 0.4) is 0 Å². The van der Waals surface area contributed by atoms with E-state index in [1.807, 2.05) is 19.9 Å². The number of aryl methyl sites for hydroxylation is 2. The van der Waals surface area contributed by atoms with E-state index < -0.39 is 10.0 Å². The number of nitrogen functional groups attached to an aromatic ring is 1. The normalized spacial score (nSPS) is 17.4. The lowest BCUT2D eigenvalue weighted by atomic mass is 10.2. The Balaban J connectivity index is 2.16. The molecule has 0 saturated carbocycles. The SMILES string of the molecule is Cc1cc(C)c2c(N)c(S(=O)(=O)N3CCOCC3)sc2n1. The zero-order valence-corrected chi connectivity index (χ0v) is 13.6. The van der Waals surface area contributed by atoms with Gasteiger partial charge < -0.3 is 10.5 Å². The maximum atomic E-state index is 12.7. The van der Waals surface area contributed by atoms with E-state index in [0.717, 1.165) is 28.0 Å². The van der Waals surface area contributed by atoms with Crippen LogP contribution in [0.1, 0.15) is 11.3 Å². The molecule has 0 aliphatic carbocycles. The number of rotatable bonds is 2. The molecule has 21 heavy (non-hydrogen) atoms. The molecule has 1 saturated heterocycles. The number of ether oxygens (including phenoxy) is 1. The summed E-state index contributed by atoms with van der Waals surface area (Å²) in [7, 11) is -3.58. The van der Waals surface area contributed by atoms with E-state index in [1.165, 1.54) is 4.31 Å². The molecular weight excluding hydrogens is 310 g/mol. The molecule has 1 aliphatic rings. The third kappa shape index (κ3) is 2.42. The highest BCUT2D eigenvalue weighted by molar-refractivity contribution is 7.91. The number of anilines is 1. The number of sulfonamides is 1. The lowest BCUT2D eigenvalue weighted by Crippen LogP contribution is -2.40. The minimum atomic E-state index is -3.58. The Morgan fingerprint density at radius 1 is 1.33 bits per heavy atom. The molecule has 3 rings (SSSR count). The van der Waals surface area contributed by atoms with Crippen LogP contribution in [-0.4, -0.2) is 44.0 Å². The summed E-state index contributed by atoms with van der Waals surface area (Å²) in [5, 5.41) is 0.748. The molecule has 3 heterocycles. The lowest BCUT2D eigenvalue weighted by molar-refractivity contribution is 0.0731. The number of aromatic nitrogens is 1. The molecule has 0 unspecified atom stereocenters. The summed E-state index contributed by atoms with van der Waals surface area (Å²) in [5.74, 6) is 0. The highest BCUT2D eigenvalue weighted by Gasteiger charge is 2.31. The van der Waals surface area contributed by atoms with Gasteiger partial charge in [0.25, 0.3) is 10.0 Å². The molecule has 0 amide bonds. The van der Waals surface area contributed by atoms with Gasteiger partial charge in [-0.25, -0.2) is 13.4 Å². The summed E-state index contributed by atoms with van der Waals surface area (Å²) < 4.78 is 32.3. The van der Waals surface area contributed by atoms with E-state index >= 15 is 0 Å². The summed E-state index contributed by atoms with van der Waals surface area (Å²) in [6.07, 6.45) is 0. The molecule has 1 fully saturated rings. The fourth-order valence-electron chi connectivity index (χ4n) is 2.54. The Hall–Kier alpha value is -1.22. The number of nitrogens with two attached hydrogens (primary N) is 1. The molecule has 1 aliphatic heterocycles. The van der Waals surface area contributed by atoms with Crippen molar-refractivity contribution in [2.75, 3.05) is 32.0 Å². The van der Waals surface area contributed by atoms with E-state index in [1.54, 1.807) is 0 Å². The second-order valence-electron chi connectivity index (χ2n) is 5.08. The van der Waals surface area contributed by atoms with Crippen LogP contribution in [0.5, 0.6) is 0 Å². The fourth-order valence-corrected chi connectivity index (χ4v) is 5.71. The second kappa shape index (κ2) is 5.20. The minimum Gasteiger partial charge on any atom is -0.396 e. The first kappa shape index (κ1) is 14.7. The molecule has 114 valence electrons. The maximum Gasteiger partial charge on any atom is 0.254 e. The van der Waals surface area contributed by atoms with Crippen LogP contribution in [0.2, 0.25) is 0 Å². The number of hydrogen-bond acceptors (Lipinski definition) is 6. The Morgan fingerprint density at radius 3 is 2.67 bits per heavy atom. The van der Waals surface area contributed by atoms with Crippen LogP contribution >= 0.6 is 11.3 Å². The van der Waals surface area contributed by atoms with Crippen molar-refractivity contribution in [3.63, 3.8) is 0 Å². The average Bonchev–Trinajstić information content (AvgIpc) is 2.77. The van der Waals surface area contributed by atoms with Crippen molar-refractivity contribution in [1.29, 1.82) is 0 Å². The van der Waals surface area contributed by atoms with Gasteiger partial charge in [0.15, 0.2) is 4.21 Å². The molecule has 2 N–H and O–H groups in total. The van der Waals surface area contributed by atoms with Crippen molar-refractivity contribution in [3.8, 4) is 0 Å². The fraction of sp³-hybridized carbons (Fsp3) is 0.462. The summed E-state index contributed by atoms with van der Waals surface area (Å²) >= 11 is 1.15. The zero-order chi connectivity index (χ0) is 15.2. The van der Waals surface area contributed by atoms with Gasteiger partial charge in [-0.3, -0.25) is 0 Å². The van der Waals surface area contributed by atoms with Crippen molar-refractivity contribution in [2.24, 2.45) is 0 Å². The predicted octanol–water partition coefficient (Wildman–Crippen LogP) is 1.52. The van der Waals surface area contributed by atoms with Gasteiger partial charge in [0, 0.05) is 24.2 Å². The molecule has 2 aromatic rings.